The minimum atomic E-state index is -0.328. The molecular formula is C13H9ClN2O2. The Bertz CT molecular complexity index is 565. The van der Waals surface area contributed by atoms with Crippen LogP contribution in [-0.2, 0) is 0 Å². The molecule has 5 heteroatoms. The smallest absolute Gasteiger partial charge is 0.274 e. The number of halogens is 1. The molecule has 0 aliphatic carbocycles. The average molecular weight is 261 g/mol. The number of pyridine rings is 1. The van der Waals surface area contributed by atoms with Crippen molar-refractivity contribution < 1.29 is 9.59 Å². The number of nitrogens with one attached hydrogen (secondary N) is 1. The fourth-order valence-electron chi connectivity index (χ4n) is 1.35. The number of hydrogen-bond acceptors (Lipinski definition) is 3. The Kier molecular flexibility index (Phi) is 3.69. The third-order valence-electron chi connectivity index (χ3n) is 2.26. The first-order valence-electron chi connectivity index (χ1n) is 5.17. The van der Waals surface area contributed by atoms with E-state index in [4.69, 9.17) is 11.6 Å². The van der Waals surface area contributed by atoms with E-state index in [2.05, 4.69) is 10.3 Å². The second-order valence-corrected chi connectivity index (χ2v) is 3.99. The topological polar surface area (TPSA) is 59.1 Å². The molecule has 0 radical (unpaired) electrons. The highest BCUT2D eigenvalue weighted by Crippen LogP contribution is 2.11. The SMILES string of the molecule is O=Cc1ccc(NC(=O)c2ccc(Cl)cn2)cc1. The van der Waals surface area contributed by atoms with Crippen molar-refractivity contribution in [1.82, 2.24) is 4.98 Å². The van der Waals surface area contributed by atoms with E-state index in [1.165, 1.54) is 12.3 Å². The van der Waals surface area contributed by atoms with Crippen molar-refractivity contribution in [3.63, 3.8) is 0 Å². The molecule has 1 N–H and O–H groups in total. The highest BCUT2D eigenvalue weighted by Gasteiger charge is 2.07. The van der Waals surface area contributed by atoms with Gasteiger partial charge in [0.25, 0.3) is 5.91 Å². The number of carbonyl (C=O) groups is 2. The Morgan fingerprint density at radius 3 is 2.44 bits per heavy atom. The summed E-state index contributed by atoms with van der Waals surface area (Å²) in [7, 11) is 0. The minimum Gasteiger partial charge on any atom is -0.321 e. The van der Waals surface area contributed by atoms with E-state index in [1.54, 1.807) is 30.3 Å². The molecule has 0 spiro atoms. The first kappa shape index (κ1) is 12.3. The lowest BCUT2D eigenvalue weighted by Gasteiger charge is -2.04. The van der Waals surface area contributed by atoms with Crippen molar-refractivity contribution in [2.45, 2.75) is 0 Å². The number of aromatic nitrogens is 1. The van der Waals surface area contributed by atoms with Gasteiger partial charge in [-0.15, -0.1) is 0 Å². The van der Waals surface area contributed by atoms with Gasteiger partial charge < -0.3 is 5.32 Å². The molecule has 0 aliphatic rings. The van der Waals surface area contributed by atoms with Gasteiger partial charge in [-0.1, -0.05) is 11.6 Å². The molecule has 4 nitrogen and oxygen atoms in total. The zero-order chi connectivity index (χ0) is 13.0. The highest BCUT2D eigenvalue weighted by atomic mass is 35.5. The van der Waals surface area contributed by atoms with Gasteiger partial charge in [0, 0.05) is 17.4 Å². The van der Waals surface area contributed by atoms with Gasteiger partial charge in [0.2, 0.25) is 0 Å². The number of hydrogen-bond donors (Lipinski definition) is 1. The predicted molar refractivity (Wildman–Crippen MR) is 69.0 cm³/mol. The molecule has 18 heavy (non-hydrogen) atoms. The van der Waals surface area contributed by atoms with Gasteiger partial charge in [0.15, 0.2) is 0 Å². The molecule has 2 rings (SSSR count). The van der Waals surface area contributed by atoms with Gasteiger partial charge in [0.1, 0.15) is 12.0 Å². The van der Waals surface area contributed by atoms with Crippen molar-refractivity contribution in [3.8, 4) is 0 Å². The number of carbonyl (C=O) groups excluding carboxylic acids is 2. The molecule has 1 aromatic carbocycles. The van der Waals surface area contributed by atoms with Crippen LogP contribution in [0.25, 0.3) is 0 Å². The summed E-state index contributed by atoms with van der Waals surface area (Å²) in [6.07, 6.45) is 2.15. The number of nitrogens with zero attached hydrogens (tertiary/aromatic N) is 1. The molecule has 0 aliphatic heterocycles. The second-order valence-electron chi connectivity index (χ2n) is 3.56. The summed E-state index contributed by atoms with van der Waals surface area (Å²) in [4.78, 5) is 26.2. The van der Waals surface area contributed by atoms with Crippen molar-refractivity contribution in [2.24, 2.45) is 0 Å². The fourth-order valence-corrected chi connectivity index (χ4v) is 1.46. The van der Waals surface area contributed by atoms with Crippen LogP contribution in [0, 0.1) is 0 Å². The van der Waals surface area contributed by atoms with Crippen molar-refractivity contribution in [1.29, 1.82) is 0 Å². The third-order valence-corrected chi connectivity index (χ3v) is 2.49. The van der Waals surface area contributed by atoms with Crippen LogP contribution in [0.15, 0.2) is 42.6 Å². The van der Waals surface area contributed by atoms with E-state index in [-0.39, 0.29) is 11.6 Å². The van der Waals surface area contributed by atoms with Crippen molar-refractivity contribution >= 4 is 29.5 Å². The van der Waals surface area contributed by atoms with Crippen LogP contribution in [0.4, 0.5) is 5.69 Å². The Hall–Kier alpha value is -2.20. The monoisotopic (exact) mass is 260 g/mol. The Morgan fingerprint density at radius 2 is 1.89 bits per heavy atom. The summed E-state index contributed by atoms with van der Waals surface area (Å²) in [5.74, 6) is -0.328. The summed E-state index contributed by atoms with van der Waals surface area (Å²) in [6, 6.07) is 9.68. The van der Waals surface area contributed by atoms with E-state index < -0.39 is 0 Å². The van der Waals surface area contributed by atoms with Crippen LogP contribution in [0.1, 0.15) is 20.8 Å². The highest BCUT2D eigenvalue weighted by molar-refractivity contribution is 6.30. The predicted octanol–water partition coefficient (Wildman–Crippen LogP) is 2.80. The Balaban J connectivity index is 2.10. The van der Waals surface area contributed by atoms with E-state index in [0.29, 0.717) is 16.3 Å². The van der Waals surface area contributed by atoms with Crippen molar-refractivity contribution in [2.75, 3.05) is 5.32 Å². The van der Waals surface area contributed by atoms with E-state index in [1.807, 2.05) is 0 Å². The second kappa shape index (κ2) is 5.42. The number of benzene rings is 1. The largest absolute Gasteiger partial charge is 0.321 e. The summed E-state index contributed by atoms with van der Waals surface area (Å²) in [5.41, 5.74) is 1.43. The normalized spacial score (nSPS) is 9.83. The number of rotatable bonds is 3. The molecule has 90 valence electrons. The van der Waals surface area contributed by atoms with E-state index >= 15 is 0 Å². The molecule has 2 aromatic rings. The average Bonchev–Trinajstić information content (AvgIpc) is 2.40. The number of aldehydes is 1. The van der Waals surface area contributed by atoms with Crippen LogP contribution in [0.3, 0.4) is 0 Å². The lowest BCUT2D eigenvalue weighted by atomic mass is 10.2. The van der Waals surface area contributed by atoms with Crippen LogP contribution >= 0.6 is 11.6 Å². The molecule has 0 saturated heterocycles. The first-order chi connectivity index (χ1) is 8.69. The van der Waals surface area contributed by atoms with Gasteiger partial charge >= 0.3 is 0 Å². The zero-order valence-corrected chi connectivity index (χ0v) is 10.0. The lowest BCUT2D eigenvalue weighted by molar-refractivity contribution is 0.102. The molecule has 0 fully saturated rings. The van der Waals surface area contributed by atoms with E-state index in [9.17, 15) is 9.59 Å². The Labute approximate surface area is 109 Å². The maximum atomic E-state index is 11.8. The van der Waals surface area contributed by atoms with Crippen LogP contribution in [-0.4, -0.2) is 17.2 Å². The summed E-state index contributed by atoms with van der Waals surface area (Å²) < 4.78 is 0. The van der Waals surface area contributed by atoms with Crippen LogP contribution < -0.4 is 5.32 Å². The first-order valence-corrected chi connectivity index (χ1v) is 5.55. The maximum Gasteiger partial charge on any atom is 0.274 e. The summed E-state index contributed by atoms with van der Waals surface area (Å²) in [6.45, 7) is 0. The molecular weight excluding hydrogens is 252 g/mol. The molecule has 0 unspecified atom stereocenters. The van der Waals surface area contributed by atoms with Gasteiger partial charge in [0.05, 0.1) is 5.02 Å². The van der Waals surface area contributed by atoms with Gasteiger partial charge in [-0.05, 0) is 36.4 Å². The number of anilines is 1. The quantitative estimate of drug-likeness (QED) is 0.864. The molecule has 0 bridgehead atoms. The van der Waals surface area contributed by atoms with Gasteiger partial charge in [-0.3, -0.25) is 9.59 Å². The summed E-state index contributed by atoms with van der Waals surface area (Å²) >= 11 is 5.68. The van der Waals surface area contributed by atoms with Gasteiger partial charge in [-0.2, -0.15) is 0 Å². The van der Waals surface area contributed by atoms with Crippen LogP contribution in [0.5, 0.6) is 0 Å². The van der Waals surface area contributed by atoms with Crippen LogP contribution in [0.2, 0.25) is 5.02 Å². The molecule has 1 heterocycles. The standard InChI is InChI=1S/C13H9ClN2O2/c14-10-3-6-12(15-7-10)13(18)16-11-4-1-9(8-17)2-5-11/h1-8H,(H,16,18). The Morgan fingerprint density at radius 1 is 1.17 bits per heavy atom. The molecule has 0 atom stereocenters. The molecule has 0 saturated carbocycles. The minimum absolute atomic E-state index is 0.277. The summed E-state index contributed by atoms with van der Waals surface area (Å²) in [5, 5.41) is 3.14. The third kappa shape index (κ3) is 2.93. The van der Waals surface area contributed by atoms with Crippen molar-refractivity contribution in [3.05, 3.63) is 58.9 Å². The fraction of sp³-hybridized carbons (Fsp3) is 0. The van der Waals surface area contributed by atoms with E-state index in [0.717, 1.165) is 6.29 Å². The lowest BCUT2D eigenvalue weighted by Crippen LogP contribution is -2.13. The molecule has 1 amide bonds. The molecule has 1 aromatic heterocycles. The zero-order valence-electron chi connectivity index (χ0n) is 9.26. The number of amides is 1. The van der Waals surface area contributed by atoms with Gasteiger partial charge in [-0.25, -0.2) is 4.98 Å². The maximum absolute atomic E-state index is 11.8.